The molecule has 0 N–H and O–H groups in total. The van der Waals surface area contributed by atoms with Crippen molar-refractivity contribution in [2.45, 2.75) is 33.3 Å². The van der Waals surface area contributed by atoms with Gasteiger partial charge in [-0.15, -0.1) is 0 Å². The van der Waals surface area contributed by atoms with Crippen molar-refractivity contribution in [1.29, 1.82) is 0 Å². The van der Waals surface area contributed by atoms with Gasteiger partial charge in [0, 0.05) is 19.0 Å². The molecule has 1 rings (SSSR count). The van der Waals surface area contributed by atoms with E-state index in [1.165, 1.54) is 0 Å². The fourth-order valence-corrected chi connectivity index (χ4v) is 1.62. The SMILES string of the molecule is Cc1nn(C)c(Cl)c1CC(=O)COC(C)C. The van der Waals surface area contributed by atoms with Crippen molar-refractivity contribution in [2.24, 2.45) is 7.05 Å². The lowest BCUT2D eigenvalue weighted by atomic mass is 10.1. The van der Waals surface area contributed by atoms with E-state index in [1.807, 2.05) is 20.8 Å². The van der Waals surface area contributed by atoms with Crippen LogP contribution >= 0.6 is 11.6 Å². The van der Waals surface area contributed by atoms with Gasteiger partial charge in [-0.3, -0.25) is 9.48 Å². The van der Waals surface area contributed by atoms with E-state index >= 15 is 0 Å². The van der Waals surface area contributed by atoms with Gasteiger partial charge in [-0.25, -0.2) is 0 Å². The van der Waals surface area contributed by atoms with Gasteiger partial charge in [-0.05, 0) is 20.8 Å². The minimum absolute atomic E-state index is 0.0201. The Balaban J connectivity index is 2.63. The summed E-state index contributed by atoms with van der Waals surface area (Å²) in [5.41, 5.74) is 1.59. The Kier molecular flexibility index (Phi) is 4.50. The number of halogens is 1. The third kappa shape index (κ3) is 3.32. The molecule has 1 aromatic rings. The number of carbonyl (C=O) groups excluding carboxylic acids is 1. The first-order valence-electron chi connectivity index (χ1n) is 5.23. The Hall–Kier alpha value is -0.870. The molecule has 0 aromatic carbocycles. The molecule has 1 heterocycles. The third-order valence-electron chi connectivity index (χ3n) is 2.22. The molecule has 16 heavy (non-hydrogen) atoms. The van der Waals surface area contributed by atoms with E-state index in [9.17, 15) is 4.79 Å². The molecular formula is C11H17ClN2O2. The van der Waals surface area contributed by atoms with Crippen molar-refractivity contribution in [3.8, 4) is 0 Å². The Labute approximate surface area is 101 Å². The highest BCUT2D eigenvalue weighted by molar-refractivity contribution is 6.30. The summed E-state index contributed by atoms with van der Waals surface area (Å²) in [6.07, 6.45) is 0.347. The van der Waals surface area contributed by atoms with Crippen molar-refractivity contribution in [1.82, 2.24) is 9.78 Å². The first kappa shape index (κ1) is 13.2. The molecule has 4 nitrogen and oxygen atoms in total. The van der Waals surface area contributed by atoms with E-state index in [1.54, 1.807) is 11.7 Å². The number of Topliss-reactive ketones (excluding diaryl/α,β-unsaturated/α-hetero) is 1. The third-order valence-corrected chi connectivity index (χ3v) is 2.69. The van der Waals surface area contributed by atoms with Crippen LogP contribution in [0.5, 0.6) is 0 Å². The smallest absolute Gasteiger partial charge is 0.163 e. The zero-order valence-electron chi connectivity index (χ0n) is 10.1. The molecular weight excluding hydrogens is 228 g/mol. The fourth-order valence-electron chi connectivity index (χ4n) is 1.38. The van der Waals surface area contributed by atoms with E-state index in [-0.39, 0.29) is 24.9 Å². The molecule has 0 aliphatic carbocycles. The number of aromatic nitrogens is 2. The average Bonchev–Trinajstić information content (AvgIpc) is 2.42. The van der Waals surface area contributed by atoms with Crippen LogP contribution in [0.15, 0.2) is 0 Å². The molecule has 0 saturated carbocycles. The summed E-state index contributed by atoms with van der Waals surface area (Å²) >= 11 is 6.03. The quantitative estimate of drug-likeness (QED) is 0.795. The maximum Gasteiger partial charge on any atom is 0.163 e. The van der Waals surface area contributed by atoms with Gasteiger partial charge in [0.1, 0.15) is 11.8 Å². The molecule has 0 radical (unpaired) electrons. The van der Waals surface area contributed by atoms with Crippen molar-refractivity contribution in [3.63, 3.8) is 0 Å². The van der Waals surface area contributed by atoms with E-state index in [0.29, 0.717) is 5.15 Å². The summed E-state index contributed by atoms with van der Waals surface area (Å²) in [5.74, 6) is 0.0201. The molecule has 0 saturated heterocycles. The second kappa shape index (κ2) is 5.46. The standard InChI is InChI=1S/C11H17ClN2O2/c1-7(2)16-6-9(15)5-10-8(3)13-14(4)11(10)12/h7H,5-6H2,1-4H3. The summed E-state index contributed by atoms with van der Waals surface area (Å²) in [5, 5.41) is 4.67. The lowest BCUT2D eigenvalue weighted by Gasteiger charge is -2.06. The Morgan fingerprint density at radius 1 is 1.56 bits per heavy atom. The number of ether oxygens (including phenoxy) is 1. The maximum atomic E-state index is 11.6. The Morgan fingerprint density at radius 2 is 2.19 bits per heavy atom. The van der Waals surface area contributed by atoms with Crippen LogP contribution in [0, 0.1) is 6.92 Å². The molecule has 0 aliphatic rings. The number of carbonyl (C=O) groups is 1. The zero-order chi connectivity index (χ0) is 12.3. The minimum atomic E-state index is 0.0201. The Morgan fingerprint density at radius 3 is 2.62 bits per heavy atom. The van der Waals surface area contributed by atoms with E-state index in [2.05, 4.69) is 5.10 Å². The van der Waals surface area contributed by atoms with Crippen LogP contribution in [0.25, 0.3) is 0 Å². The lowest BCUT2D eigenvalue weighted by molar-refractivity contribution is -0.124. The van der Waals surface area contributed by atoms with Crippen molar-refractivity contribution in [3.05, 3.63) is 16.4 Å². The molecule has 0 spiro atoms. The van der Waals surface area contributed by atoms with Gasteiger partial charge in [0.15, 0.2) is 5.78 Å². The van der Waals surface area contributed by atoms with Crippen LogP contribution in [-0.2, 0) is 23.0 Å². The predicted molar refractivity (Wildman–Crippen MR) is 62.8 cm³/mol. The molecule has 1 aromatic heterocycles. The molecule has 0 amide bonds. The van der Waals surface area contributed by atoms with Crippen LogP contribution < -0.4 is 0 Å². The molecule has 0 fully saturated rings. The highest BCUT2D eigenvalue weighted by Crippen LogP contribution is 2.19. The highest BCUT2D eigenvalue weighted by atomic mass is 35.5. The zero-order valence-corrected chi connectivity index (χ0v) is 10.8. The lowest BCUT2D eigenvalue weighted by Crippen LogP contribution is -2.15. The number of aryl methyl sites for hydroxylation is 2. The summed E-state index contributed by atoms with van der Waals surface area (Å²) in [7, 11) is 1.76. The van der Waals surface area contributed by atoms with Gasteiger partial charge in [0.25, 0.3) is 0 Å². The summed E-state index contributed by atoms with van der Waals surface area (Å²) in [6, 6.07) is 0. The molecule has 0 aliphatic heterocycles. The number of nitrogens with zero attached hydrogens (tertiary/aromatic N) is 2. The summed E-state index contributed by atoms with van der Waals surface area (Å²) in [4.78, 5) is 11.6. The van der Waals surface area contributed by atoms with Crippen molar-refractivity contribution >= 4 is 17.4 Å². The van der Waals surface area contributed by atoms with Gasteiger partial charge in [0.2, 0.25) is 0 Å². The molecule has 90 valence electrons. The minimum Gasteiger partial charge on any atom is -0.371 e. The highest BCUT2D eigenvalue weighted by Gasteiger charge is 2.15. The maximum absolute atomic E-state index is 11.6. The van der Waals surface area contributed by atoms with Gasteiger partial charge in [-0.2, -0.15) is 5.10 Å². The van der Waals surface area contributed by atoms with E-state index < -0.39 is 0 Å². The fraction of sp³-hybridized carbons (Fsp3) is 0.636. The summed E-state index contributed by atoms with van der Waals surface area (Å²) < 4.78 is 6.81. The van der Waals surface area contributed by atoms with Gasteiger partial charge in [0.05, 0.1) is 11.8 Å². The predicted octanol–water partition coefficient (Wildman–Crippen LogP) is 1.92. The topological polar surface area (TPSA) is 44.1 Å². The molecule has 0 unspecified atom stereocenters. The number of hydrogen-bond donors (Lipinski definition) is 0. The molecule has 0 atom stereocenters. The largest absolute Gasteiger partial charge is 0.371 e. The van der Waals surface area contributed by atoms with E-state index in [0.717, 1.165) is 11.3 Å². The second-order valence-electron chi connectivity index (χ2n) is 4.05. The normalized spacial score (nSPS) is 11.1. The number of hydrogen-bond acceptors (Lipinski definition) is 3. The first-order chi connectivity index (χ1) is 7.41. The second-order valence-corrected chi connectivity index (χ2v) is 4.41. The number of ketones is 1. The van der Waals surface area contributed by atoms with Gasteiger partial charge >= 0.3 is 0 Å². The van der Waals surface area contributed by atoms with Crippen LogP contribution in [0.1, 0.15) is 25.1 Å². The first-order valence-corrected chi connectivity index (χ1v) is 5.61. The van der Waals surface area contributed by atoms with Crippen molar-refractivity contribution < 1.29 is 9.53 Å². The monoisotopic (exact) mass is 244 g/mol. The van der Waals surface area contributed by atoms with Crippen LogP contribution in [0.3, 0.4) is 0 Å². The van der Waals surface area contributed by atoms with Crippen LogP contribution in [0.2, 0.25) is 5.15 Å². The average molecular weight is 245 g/mol. The van der Waals surface area contributed by atoms with Crippen LogP contribution in [-0.4, -0.2) is 28.3 Å². The number of rotatable bonds is 5. The molecule has 0 bridgehead atoms. The van der Waals surface area contributed by atoms with Crippen LogP contribution in [0.4, 0.5) is 0 Å². The van der Waals surface area contributed by atoms with Gasteiger partial charge in [-0.1, -0.05) is 11.6 Å². The van der Waals surface area contributed by atoms with Gasteiger partial charge < -0.3 is 4.74 Å². The van der Waals surface area contributed by atoms with Crippen molar-refractivity contribution in [2.75, 3.05) is 6.61 Å². The van der Waals surface area contributed by atoms with E-state index in [4.69, 9.17) is 16.3 Å². The Bertz CT molecular complexity index is 386. The summed E-state index contributed by atoms with van der Waals surface area (Å²) in [6.45, 7) is 5.77. The molecule has 5 heteroatoms.